The predicted molar refractivity (Wildman–Crippen MR) is 58.1 cm³/mol. The Bertz CT molecular complexity index is 419. The number of rotatable bonds is 1. The van der Waals surface area contributed by atoms with Crippen molar-refractivity contribution in [3.05, 3.63) is 23.8 Å². The van der Waals surface area contributed by atoms with Gasteiger partial charge in [-0.15, -0.1) is 0 Å². The minimum absolute atomic E-state index is 0.106. The van der Waals surface area contributed by atoms with E-state index in [1.54, 1.807) is 6.07 Å². The van der Waals surface area contributed by atoms with Crippen molar-refractivity contribution in [1.29, 1.82) is 0 Å². The third kappa shape index (κ3) is 1.65. The summed E-state index contributed by atoms with van der Waals surface area (Å²) in [5.41, 5.74) is 2.01. The SMILES string of the molecule is CC(C)C1=CCOc2cc(O)c(O)cc21. The number of benzene rings is 1. The molecule has 3 nitrogen and oxygen atoms in total. The maximum absolute atomic E-state index is 9.44. The summed E-state index contributed by atoms with van der Waals surface area (Å²) in [6.07, 6.45) is 2.00. The van der Waals surface area contributed by atoms with E-state index >= 15 is 0 Å². The molecule has 0 unspecified atom stereocenters. The van der Waals surface area contributed by atoms with Gasteiger partial charge in [0.1, 0.15) is 12.4 Å². The van der Waals surface area contributed by atoms with E-state index in [0.29, 0.717) is 18.3 Å². The summed E-state index contributed by atoms with van der Waals surface area (Å²) in [6, 6.07) is 3.01. The molecule has 1 aromatic carbocycles. The van der Waals surface area contributed by atoms with Gasteiger partial charge in [0, 0.05) is 11.6 Å². The highest BCUT2D eigenvalue weighted by Gasteiger charge is 2.18. The Kier molecular flexibility index (Phi) is 2.31. The van der Waals surface area contributed by atoms with Crippen LogP contribution in [0.3, 0.4) is 0 Å². The lowest BCUT2D eigenvalue weighted by Gasteiger charge is -2.21. The van der Waals surface area contributed by atoms with Crippen molar-refractivity contribution in [1.82, 2.24) is 0 Å². The number of phenols is 2. The molecule has 0 saturated carbocycles. The van der Waals surface area contributed by atoms with Crippen LogP contribution in [0.5, 0.6) is 17.2 Å². The first-order valence-electron chi connectivity index (χ1n) is 4.99. The van der Waals surface area contributed by atoms with Crippen molar-refractivity contribution in [3.8, 4) is 17.2 Å². The van der Waals surface area contributed by atoms with Crippen molar-refractivity contribution in [2.24, 2.45) is 5.92 Å². The fourth-order valence-electron chi connectivity index (χ4n) is 1.78. The van der Waals surface area contributed by atoms with Crippen LogP contribution in [0.4, 0.5) is 0 Å². The van der Waals surface area contributed by atoms with E-state index in [4.69, 9.17) is 4.74 Å². The molecule has 1 heterocycles. The smallest absolute Gasteiger partial charge is 0.161 e. The Labute approximate surface area is 88.6 Å². The van der Waals surface area contributed by atoms with E-state index in [-0.39, 0.29) is 11.5 Å². The molecule has 0 bridgehead atoms. The Morgan fingerprint density at radius 1 is 1.20 bits per heavy atom. The monoisotopic (exact) mass is 206 g/mol. The number of phenolic OH excluding ortho intramolecular Hbond substituents is 2. The molecule has 0 atom stereocenters. The van der Waals surface area contributed by atoms with Crippen LogP contribution in [0.25, 0.3) is 5.57 Å². The van der Waals surface area contributed by atoms with Gasteiger partial charge < -0.3 is 14.9 Å². The van der Waals surface area contributed by atoms with Gasteiger partial charge in [-0.2, -0.15) is 0 Å². The molecule has 0 fully saturated rings. The first kappa shape index (κ1) is 9.90. The zero-order valence-corrected chi connectivity index (χ0v) is 8.82. The molecule has 80 valence electrons. The Morgan fingerprint density at radius 2 is 1.87 bits per heavy atom. The van der Waals surface area contributed by atoms with Gasteiger partial charge in [0.15, 0.2) is 11.5 Å². The minimum atomic E-state index is -0.140. The molecule has 0 spiro atoms. The highest BCUT2D eigenvalue weighted by atomic mass is 16.5. The number of ether oxygens (including phenoxy) is 1. The first-order valence-corrected chi connectivity index (χ1v) is 4.99. The molecule has 1 aliphatic heterocycles. The van der Waals surface area contributed by atoms with Crippen LogP contribution in [-0.2, 0) is 0 Å². The van der Waals surface area contributed by atoms with Crippen molar-refractivity contribution in [3.63, 3.8) is 0 Å². The number of fused-ring (bicyclic) bond motifs is 1. The molecule has 0 amide bonds. The number of aromatic hydroxyl groups is 2. The zero-order valence-electron chi connectivity index (χ0n) is 8.82. The Balaban J connectivity index is 2.55. The summed E-state index contributed by atoms with van der Waals surface area (Å²) in [7, 11) is 0. The molecule has 0 aromatic heterocycles. The normalized spacial score (nSPS) is 14.5. The lowest BCUT2D eigenvalue weighted by Crippen LogP contribution is -2.07. The van der Waals surface area contributed by atoms with Gasteiger partial charge in [0.2, 0.25) is 0 Å². The highest BCUT2D eigenvalue weighted by Crippen LogP contribution is 2.40. The van der Waals surface area contributed by atoms with Gasteiger partial charge in [-0.25, -0.2) is 0 Å². The number of hydrogen-bond acceptors (Lipinski definition) is 3. The first-order chi connectivity index (χ1) is 7.09. The van der Waals surface area contributed by atoms with Crippen molar-refractivity contribution in [2.75, 3.05) is 6.61 Å². The summed E-state index contributed by atoms with van der Waals surface area (Å²) in [5, 5.41) is 18.8. The van der Waals surface area contributed by atoms with Gasteiger partial charge in [0.05, 0.1) is 0 Å². The Morgan fingerprint density at radius 3 is 2.53 bits per heavy atom. The molecule has 15 heavy (non-hydrogen) atoms. The summed E-state index contributed by atoms with van der Waals surface area (Å²) in [4.78, 5) is 0. The van der Waals surface area contributed by atoms with Crippen LogP contribution in [0, 0.1) is 5.92 Å². The van der Waals surface area contributed by atoms with Gasteiger partial charge in [-0.1, -0.05) is 13.8 Å². The molecular weight excluding hydrogens is 192 g/mol. The van der Waals surface area contributed by atoms with Crippen LogP contribution in [0.1, 0.15) is 19.4 Å². The molecule has 0 saturated heterocycles. The van der Waals surface area contributed by atoms with Crippen molar-refractivity contribution in [2.45, 2.75) is 13.8 Å². The van der Waals surface area contributed by atoms with Gasteiger partial charge in [-0.3, -0.25) is 0 Å². The van der Waals surface area contributed by atoms with Crippen LogP contribution < -0.4 is 4.74 Å². The lowest BCUT2D eigenvalue weighted by atomic mass is 9.93. The molecule has 3 heteroatoms. The van der Waals surface area contributed by atoms with Crippen molar-refractivity contribution >= 4 is 5.57 Å². The summed E-state index contributed by atoms with van der Waals surface area (Å²) >= 11 is 0. The summed E-state index contributed by atoms with van der Waals surface area (Å²) < 4.78 is 5.39. The molecule has 2 rings (SSSR count). The average Bonchev–Trinajstić information content (AvgIpc) is 2.18. The van der Waals surface area contributed by atoms with Gasteiger partial charge in [-0.05, 0) is 23.6 Å². The maximum Gasteiger partial charge on any atom is 0.161 e. The topological polar surface area (TPSA) is 49.7 Å². The van der Waals surface area contributed by atoms with Gasteiger partial charge >= 0.3 is 0 Å². The molecule has 1 aliphatic rings. The predicted octanol–water partition coefficient (Wildman–Crippen LogP) is 2.53. The van der Waals surface area contributed by atoms with E-state index in [2.05, 4.69) is 13.8 Å². The second kappa shape index (κ2) is 3.50. The van der Waals surface area contributed by atoms with E-state index in [1.165, 1.54) is 6.07 Å². The highest BCUT2D eigenvalue weighted by molar-refractivity contribution is 5.75. The Hall–Kier alpha value is -1.64. The third-order valence-electron chi connectivity index (χ3n) is 2.55. The standard InChI is InChI=1S/C12H14O3/c1-7(2)8-3-4-15-12-6-11(14)10(13)5-9(8)12/h3,5-7,13-14H,4H2,1-2H3. The minimum Gasteiger partial charge on any atom is -0.504 e. The van der Waals surface area contributed by atoms with Crippen LogP contribution in [-0.4, -0.2) is 16.8 Å². The molecular formula is C12H14O3. The lowest BCUT2D eigenvalue weighted by molar-refractivity contribution is 0.347. The fourth-order valence-corrected chi connectivity index (χ4v) is 1.78. The van der Waals surface area contributed by atoms with E-state index in [9.17, 15) is 10.2 Å². The van der Waals surface area contributed by atoms with Crippen LogP contribution in [0.15, 0.2) is 18.2 Å². The number of allylic oxidation sites excluding steroid dienone is 1. The largest absolute Gasteiger partial charge is 0.504 e. The van der Waals surface area contributed by atoms with E-state index in [1.807, 2.05) is 6.08 Å². The summed E-state index contributed by atoms with van der Waals surface area (Å²) in [6.45, 7) is 4.69. The molecule has 2 N–H and O–H groups in total. The maximum atomic E-state index is 9.44. The molecule has 0 aliphatic carbocycles. The van der Waals surface area contributed by atoms with E-state index in [0.717, 1.165) is 11.1 Å². The average molecular weight is 206 g/mol. The van der Waals surface area contributed by atoms with Gasteiger partial charge in [0.25, 0.3) is 0 Å². The molecule has 0 radical (unpaired) electrons. The number of hydrogen-bond donors (Lipinski definition) is 2. The molecule has 1 aromatic rings. The van der Waals surface area contributed by atoms with Crippen molar-refractivity contribution < 1.29 is 14.9 Å². The fraction of sp³-hybridized carbons (Fsp3) is 0.333. The quantitative estimate of drug-likeness (QED) is 0.694. The third-order valence-corrected chi connectivity index (χ3v) is 2.55. The second-order valence-electron chi connectivity index (χ2n) is 3.96. The van der Waals surface area contributed by atoms with E-state index < -0.39 is 0 Å². The zero-order chi connectivity index (χ0) is 11.0. The van der Waals surface area contributed by atoms with Crippen LogP contribution in [0.2, 0.25) is 0 Å². The summed E-state index contributed by atoms with van der Waals surface area (Å²) in [5.74, 6) is 0.762. The van der Waals surface area contributed by atoms with Crippen LogP contribution >= 0.6 is 0 Å². The second-order valence-corrected chi connectivity index (χ2v) is 3.96.